The van der Waals surface area contributed by atoms with Crippen molar-refractivity contribution >= 4 is 40.6 Å². The Bertz CT molecular complexity index is 1410. The number of ether oxygens (including phenoxy) is 1. The Hall–Kier alpha value is -4.35. The Morgan fingerprint density at radius 3 is 2.49 bits per heavy atom. The number of carbonyl (C=O) groups excluding carboxylic acids is 3. The molecule has 3 aromatic rings. The molecular formula is C29H25N3O4S. The van der Waals surface area contributed by atoms with E-state index >= 15 is 0 Å². The SMILES string of the molecule is CC(C)c1ccccc1NC(=O)COc1ccc(/C=C2/SC(=O)N(Cc3ccccc3C#N)C2=O)cc1. The summed E-state index contributed by atoms with van der Waals surface area (Å²) >= 11 is 0.863. The highest BCUT2D eigenvalue weighted by atomic mass is 32.2. The van der Waals surface area contributed by atoms with E-state index in [2.05, 4.69) is 25.2 Å². The normalized spacial score (nSPS) is 14.2. The van der Waals surface area contributed by atoms with Crippen LogP contribution in [0.5, 0.6) is 5.75 Å². The third kappa shape index (κ3) is 6.26. The van der Waals surface area contributed by atoms with Crippen LogP contribution in [0.2, 0.25) is 0 Å². The van der Waals surface area contributed by atoms with Crippen molar-refractivity contribution in [2.24, 2.45) is 0 Å². The van der Waals surface area contributed by atoms with Gasteiger partial charge in [-0.1, -0.05) is 62.4 Å². The molecule has 0 radical (unpaired) electrons. The summed E-state index contributed by atoms with van der Waals surface area (Å²) in [5.74, 6) is 0.121. The van der Waals surface area contributed by atoms with Gasteiger partial charge in [0.1, 0.15) is 5.75 Å². The van der Waals surface area contributed by atoms with Gasteiger partial charge in [0.15, 0.2) is 6.61 Å². The largest absolute Gasteiger partial charge is 0.484 e. The van der Waals surface area contributed by atoms with Crippen molar-refractivity contribution in [3.05, 3.63) is 100.0 Å². The van der Waals surface area contributed by atoms with Crippen LogP contribution in [0, 0.1) is 11.3 Å². The van der Waals surface area contributed by atoms with Gasteiger partial charge >= 0.3 is 0 Å². The van der Waals surface area contributed by atoms with Gasteiger partial charge in [-0.25, -0.2) is 0 Å². The van der Waals surface area contributed by atoms with Crippen LogP contribution in [0.3, 0.4) is 0 Å². The zero-order valence-electron chi connectivity index (χ0n) is 20.4. The average Bonchev–Trinajstić information content (AvgIpc) is 3.16. The average molecular weight is 512 g/mol. The van der Waals surface area contributed by atoms with E-state index in [4.69, 9.17) is 4.74 Å². The third-order valence-corrected chi connectivity index (χ3v) is 6.65. The van der Waals surface area contributed by atoms with Gasteiger partial charge in [-0.2, -0.15) is 5.26 Å². The molecule has 1 saturated heterocycles. The van der Waals surface area contributed by atoms with Crippen molar-refractivity contribution in [1.29, 1.82) is 5.26 Å². The highest BCUT2D eigenvalue weighted by Gasteiger charge is 2.35. The van der Waals surface area contributed by atoms with Gasteiger partial charge in [0.25, 0.3) is 17.1 Å². The molecule has 1 aliphatic rings. The van der Waals surface area contributed by atoms with E-state index in [-0.39, 0.29) is 30.2 Å². The highest BCUT2D eigenvalue weighted by Crippen LogP contribution is 2.34. The molecule has 8 heteroatoms. The van der Waals surface area contributed by atoms with Crippen LogP contribution < -0.4 is 10.1 Å². The second kappa shape index (κ2) is 11.6. The van der Waals surface area contributed by atoms with E-state index in [0.29, 0.717) is 27.3 Å². The lowest BCUT2D eigenvalue weighted by atomic mass is 10.0. The van der Waals surface area contributed by atoms with Crippen molar-refractivity contribution in [3.63, 3.8) is 0 Å². The molecule has 1 aliphatic heterocycles. The number of imide groups is 1. The summed E-state index contributed by atoms with van der Waals surface area (Å²) in [6.45, 7) is 4.03. The molecule has 4 rings (SSSR count). The Kier molecular flexibility index (Phi) is 8.06. The number of nitrogens with zero attached hydrogens (tertiary/aromatic N) is 2. The van der Waals surface area contributed by atoms with Gasteiger partial charge in [-0.3, -0.25) is 19.3 Å². The summed E-state index contributed by atoms with van der Waals surface area (Å²) in [7, 11) is 0. The van der Waals surface area contributed by atoms with Gasteiger partial charge < -0.3 is 10.1 Å². The van der Waals surface area contributed by atoms with Crippen LogP contribution in [-0.4, -0.2) is 28.6 Å². The molecule has 0 unspecified atom stereocenters. The molecule has 0 spiro atoms. The van der Waals surface area contributed by atoms with Gasteiger partial charge in [0.2, 0.25) is 0 Å². The van der Waals surface area contributed by atoms with Crippen molar-refractivity contribution in [1.82, 2.24) is 4.90 Å². The first-order valence-corrected chi connectivity index (χ1v) is 12.5. The first kappa shape index (κ1) is 25.7. The monoisotopic (exact) mass is 511 g/mol. The number of hydrogen-bond acceptors (Lipinski definition) is 6. The number of anilines is 1. The molecule has 1 N–H and O–H groups in total. The number of carbonyl (C=O) groups is 3. The third-order valence-electron chi connectivity index (χ3n) is 5.74. The van der Waals surface area contributed by atoms with Crippen LogP contribution in [0.4, 0.5) is 10.5 Å². The molecular weight excluding hydrogens is 486 g/mol. The highest BCUT2D eigenvalue weighted by molar-refractivity contribution is 8.18. The molecule has 1 fully saturated rings. The van der Waals surface area contributed by atoms with Gasteiger partial charge in [-0.15, -0.1) is 0 Å². The molecule has 0 bridgehead atoms. The molecule has 3 amide bonds. The predicted molar refractivity (Wildman–Crippen MR) is 144 cm³/mol. The van der Waals surface area contributed by atoms with Crippen LogP contribution in [0.1, 0.15) is 42.0 Å². The Balaban J connectivity index is 1.36. The van der Waals surface area contributed by atoms with Crippen molar-refractivity contribution in [2.75, 3.05) is 11.9 Å². The zero-order chi connectivity index (χ0) is 26.4. The van der Waals surface area contributed by atoms with E-state index in [1.807, 2.05) is 24.3 Å². The number of amides is 3. The van der Waals surface area contributed by atoms with Crippen molar-refractivity contribution in [2.45, 2.75) is 26.3 Å². The molecule has 7 nitrogen and oxygen atoms in total. The van der Waals surface area contributed by atoms with E-state index in [1.165, 1.54) is 0 Å². The smallest absolute Gasteiger partial charge is 0.293 e. The van der Waals surface area contributed by atoms with Crippen molar-refractivity contribution < 1.29 is 19.1 Å². The minimum atomic E-state index is -0.401. The van der Waals surface area contributed by atoms with E-state index < -0.39 is 5.91 Å². The molecule has 37 heavy (non-hydrogen) atoms. The molecule has 0 atom stereocenters. The summed E-state index contributed by atoms with van der Waals surface area (Å²) < 4.78 is 5.62. The number of nitrogens with one attached hydrogen (secondary N) is 1. The quantitative estimate of drug-likeness (QED) is 0.376. The first-order chi connectivity index (χ1) is 17.9. The van der Waals surface area contributed by atoms with Gasteiger partial charge in [0.05, 0.1) is 23.1 Å². The Morgan fingerprint density at radius 1 is 1.05 bits per heavy atom. The van der Waals surface area contributed by atoms with Crippen LogP contribution in [0.25, 0.3) is 6.08 Å². The summed E-state index contributed by atoms with van der Waals surface area (Å²) in [5, 5.41) is 11.8. The summed E-state index contributed by atoms with van der Waals surface area (Å²) in [5.41, 5.74) is 3.58. The maximum atomic E-state index is 12.8. The van der Waals surface area contributed by atoms with E-state index in [9.17, 15) is 19.6 Å². The number of benzene rings is 3. The summed E-state index contributed by atoms with van der Waals surface area (Å²) in [6.07, 6.45) is 1.64. The van der Waals surface area contributed by atoms with Crippen LogP contribution >= 0.6 is 11.8 Å². The number of para-hydroxylation sites is 1. The number of rotatable bonds is 8. The minimum Gasteiger partial charge on any atom is -0.484 e. The molecule has 0 aromatic heterocycles. The lowest BCUT2D eigenvalue weighted by Gasteiger charge is -2.14. The number of thioether (sulfide) groups is 1. The first-order valence-electron chi connectivity index (χ1n) is 11.7. The molecule has 186 valence electrons. The fraction of sp³-hybridized carbons (Fsp3) is 0.172. The van der Waals surface area contributed by atoms with Crippen LogP contribution in [0.15, 0.2) is 77.7 Å². The van der Waals surface area contributed by atoms with E-state index in [1.54, 1.807) is 54.6 Å². The minimum absolute atomic E-state index is 0.0439. The molecule has 0 saturated carbocycles. The Morgan fingerprint density at radius 2 is 1.76 bits per heavy atom. The maximum Gasteiger partial charge on any atom is 0.293 e. The fourth-order valence-electron chi connectivity index (χ4n) is 3.84. The zero-order valence-corrected chi connectivity index (χ0v) is 21.2. The lowest BCUT2D eigenvalue weighted by Crippen LogP contribution is -2.27. The number of nitriles is 1. The fourth-order valence-corrected chi connectivity index (χ4v) is 4.67. The maximum absolute atomic E-state index is 12.8. The second-order valence-corrected chi connectivity index (χ2v) is 9.68. The summed E-state index contributed by atoms with van der Waals surface area (Å²) in [4.78, 5) is 39.1. The van der Waals surface area contributed by atoms with E-state index in [0.717, 1.165) is 27.9 Å². The second-order valence-electron chi connectivity index (χ2n) is 8.68. The van der Waals surface area contributed by atoms with Crippen molar-refractivity contribution in [3.8, 4) is 11.8 Å². The number of hydrogen-bond donors (Lipinski definition) is 1. The molecule has 0 aliphatic carbocycles. The van der Waals surface area contributed by atoms with Gasteiger partial charge in [-0.05, 0) is 64.7 Å². The van der Waals surface area contributed by atoms with Gasteiger partial charge in [0, 0.05) is 5.69 Å². The van der Waals surface area contributed by atoms with Crippen LogP contribution in [-0.2, 0) is 16.1 Å². The predicted octanol–water partition coefficient (Wildman–Crippen LogP) is 5.94. The standard InChI is InChI=1S/C29H25N3O4S/c1-19(2)24-9-5-6-10-25(24)31-27(33)18-36-23-13-11-20(12-14-23)15-26-28(34)32(29(35)37-26)17-22-8-4-3-7-21(22)16-30/h3-15,19H,17-18H2,1-2H3,(H,31,33)/b26-15+. The summed E-state index contributed by atoms with van der Waals surface area (Å²) in [6, 6.07) is 23.5. The molecule has 3 aromatic carbocycles. The Labute approximate surface area is 219 Å². The topological polar surface area (TPSA) is 99.5 Å². The molecule has 1 heterocycles. The lowest BCUT2D eigenvalue weighted by molar-refractivity contribution is -0.123.